The van der Waals surface area contributed by atoms with Gasteiger partial charge in [-0.1, -0.05) is 6.92 Å². The number of hydrogen-bond acceptors (Lipinski definition) is 1. The molecule has 0 fully saturated rings. The summed E-state index contributed by atoms with van der Waals surface area (Å²) in [6.45, 7) is 2.16. The van der Waals surface area contributed by atoms with Crippen molar-refractivity contribution in [2.75, 3.05) is 5.88 Å². The van der Waals surface area contributed by atoms with E-state index in [1.54, 1.807) is 0 Å². The fourth-order valence-electron chi connectivity index (χ4n) is 1.09. The van der Waals surface area contributed by atoms with E-state index in [0.717, 1.165) is 24.5 Å². The number of hydrogen-bond donors (Lipinski definition) is 0. The van der Waals surface area contributed by atoms with E-state index in [-0.39, 0.29) is 0 Å². The Bertz CT molecular complexity index is 232. The molecule has 1 aromatic heterocycles. The summed E-state index contributed by atoms with van der Waals surface area (Å²) in [7, 11) is 2.02. The number of rotatable bonds is 4. The molecule has 0 aliphatic carbocycles. The molecule has 0 aromatic carbocycles. The summed E-state index contributed by atoms with van der Waals surface area (Å²) in [5.41, 5.74) is 0. The van der Waals surface area contributed by atoms with Crippen LogP contribution in [0, 0.1) is 5.92 Å². The molecule has 0 bridgehead atoms. The maximum Gasteiger partial charge on any atom is 0.108 e. The molecule has 0 aliphatic heterocycles. The zero-order valence-electron chi connectivity index (χ0n) is 7.63. The van der Waals surface area contributed by atoms with Crippen molar-refractivity contribution in [3.63, 3.8) is 0 Å². The lowest BCUT2D eigenvalue weighted by Gasteiger charge is -2.06. The molecule has 0 amide bonds. The average molecular weight is 187 g/mol. The highest BCUT2D eigenvalue weighted by atomic mass is 35.5. The molecule has 3 heteroatoms. The molecular weight excluding hydrogens is 172 g/mol. The summed E-state index contributed by atoms with van der Waals surface area (Å²) in [5.74, 6) is 2.47. The monoisotopic (exact) mass is 186 g/mol. The molecule has 12 heavy (non-hydrogen) atoms. The van der Waals surface area contributed by atoms with Crippen LogP contribution in [0.4, 0.5) is 0 Å². The van der Waals surface area contributed by atoms with E-state index in [1.807, 2.05) is 19.4 Å². The van der Waals surface area contributed by atoms with Crippen molar-refractivity contribution in [1.29, 1.82) is 0 Å². The highest BCUT2D eigenvalue weighted by Crippen LogP contribution is 2.08. The van der Waals surface area contributed by atoms with Crippen molar-refractivity contribution >= 4 is 11.6 Å². The van der Waals surface area contributed by atoms with Crippen LogP contribution in [0.5, 0.6) is 0 Å². The van der Waals surface area contributed by atoms with Gasteiger partial charge in [-0.25, -0.2) is 4.98 Å². The molecule has 1 rings (SSSR count). The minimum atomic E-state index is 0.586. The van der Waals surface area contributed by atoms with Crippen LogP contribution in [0.15, 0.2) is 12.4 Å². The third-order valence-electron chi connectivity index (χ3n) is 2.05. The van der Waals surface area contributed by atoms with Gasteiger partial charge < -0.3 is 4.57 Å². The molecule has 0 aliphatic rings. The predicted octanol–water partition coefficient (Wildman–Crippen LogP) is 2.23. The van der Waals surface area contributed by atoms with Crippen LogP contribution in [-0.2, 0) is 13.5 Å². The minimum absolute atomic E-state index is 0.586. The average Bonchev–Trinajstić information content (AvgIpc) is 2.47. The second kappa shape index (κ2) is 4.51. The second-order valence-corrected chi connectivity index (χ2v) is 3.56. The largest absolute Gasteiger partial charge is 0.338 e. The molecule has 0 saturated carbocycles. The van der Waals surface area contributed by atoms with Crippen molar-refractivity contribution in [2.24, 2.45) is 13.0 Å². The van der Waals surface area contributed by atoms with E-state index in [0.29, 0.717) is 5.92 Å². The fraction of sp³-hybridized carbons (Fsp3) is 0.667. The van der Waals surface area contributed by atoms with Gasteiger partial charge in [-0.15, -0.1) is 11.6 Å². The van der Waals surface area contributed by atoms with Gasteiger partial charge >= 0.3 is 0 Å². The van der Waals surface area contributed by atoms with Crippen LogP contribution in [0.1, 0.15) is 19.2 Å². The number of halogens is 1. The van der Waals surface area contributed by atoms with E-state index in [1.165, 1.54) is 0 Å². The Morgan fingerprint density at radius 2 is 2.42 bits per heavy atom. The predicted molar refractivity (Wildman–Crippen MR) is 51.4 cm³/mol. The molecule has 68 valence electrons. The van der Waals surface area contributed by atoms with Gasteiger partial charge in [-0.05, 0) is 12.3 Å². The summed E-state index contributed by atoms with van der Waals surface area (Å²) in [5, 5.41) is 0. The van der Waals surface area contributed by atoms with Crippen molar-refractivity contribution < 1.29 is 0 Å². The van der Waals surface area contributed by atoms with Crippen LogP contribution >= 0.6 is 11.6 Å². The first-order valence-corrected chi connectivity index (χ1v) is 4.79. The maximum atomic E-state index is 5.70. The molecule has 2 nitrogen and oxygen atoms in total. The van der Waals surface area contributed by atoms with E-state index < -0.39 is 0 Å². The Labute approximate surface area is 78.6 Å². The van der Waals surface area contributed by atoms with E-state index in [9.17, 15) is 0 Å². The van der Waals surface area contributed by atoms with E-state index in [2.05, 4.69) is 16.5 Å². The van der Waals surface area contributed by atoms with Crippen LogP contribution in [0.25, 0.3) is 0 Å². The van der Waals surface area contributed by atoms with Crippen LogP contribution < -0.4 is 0 Å². The highest BCUT2D eigenvalue weighted by molar-refractivity contribution is 6.18. The third-order valence-corrected chi connectivity index (χ3v) is 2.57. The molecule has 0 radical (unpaired) electrons. The van der Waals surface area contributed by atoms with Gasteiger partial charge in [0.05, 0.1) is 0 Å². The van der Waals surface area contributed by atoms with Crippen molar-refractivity contribution in [1.82, 2.24) is 9.55 Å². The molecule has 1 aromatic rings. The maximum absolute atomic E-state index is 5.70. The molecule has 0 spiro atoms. The second-order valence-electron chi connectivity index (χ2n) is 3.25. The SMILES string of the molecule is CC(CCl)CCc1nccn1C. The van der Waals surface area contributed by atoms with E-state index in [4.69, 9.17) is 11.6 Å². The molecule has 1 heterocycles. The Balaban J connectivity index is 2.38. The van der Waals surface area contributed by atoms with Gasteiger partial charge in [0.25, 0.3) is 0 Å². The summed E-state index contributed by atoms with van der Waals surface area (Å²) >= 11 is 5.70. The highest BCUT2D eigenvalue weighted by Gasteiger charge is 2.03. The zero-order chi connectivity index (χ0) is 8.97. The first-order valence-electron chi connectivity index (χ1n) is 4.26. The molecule has 0 saturated heterocycles. The Morgan fingerprint density at radius 1 is 1.67 bits per heavy atom. The topological polar surface area (TPSA) is 17.8 Å². The summed E-state index contributed by atoms with van der Waals surface area (Å²) in [6.07, 6.45) is 5.95. The van der Waals surface area contributed by atoms with Crippen LogP contribution in [-0.4, -0.2) is 15.4 Å². The quantitative estimate of drug-likeness (QED) is 0.660. The lowest BCUT2D eigenvalue weighted by molar-refractivity contribution is 0.572. The van der Waals surface area contributed by atoms with Gasteiger partial charge in [0.2, 0.25) is 0 Å². The molecule has 1 unspecified atom stereocenters. The number of aryl methyl sites for hydroxylation is 2. The lowest BCUT2D eigenvalue weighted by atomic mass is 10.1. The standard InChI is InChI=1S/C9H15ClN2/c1-8(7-10)3-4-9-11-5-6-12(9)2/h5-6,8H,3-4,7H2,1-2H3. The van der Waals surface area contributed by atoms with Crippen LogP contribution in [0.3, 0.4) is 0 Å². The smallest absolute Gasteiger partial charge is 0.108 e. The Kier molecular flexibility index (Phi) is 3.60. The summed E-state index contributed by atoms with van der Waals surface area (Å²) < 4.78 is 2.06. The van der Waals surface area contributed by atoms with Crippen molar-refractivity contribution in [3.05, 3.63) is 18.2 Å². The minimum Gasteiger partial charge on any atom is -0.338 e. The first-order chi connectivity index (χ1) is 5.74. The Morgan fingerprint density at radius 3 is 2.92 bits per heavy atom. The van der Waals surface area contributed by atoms with Gasteiger partial charge in [-0.2, -0.15) is 0 Å². The number of nitrogens with zero attached hydrogens (tertiary/aromatic N) is 2. The fourth-order valence-corrected chi connectivity index (χ4v) is 1.24. The normalized spacial score (nSPS) is 13.2. The first kappa shape index (κ1) is 9.59. The lowest BCUT2D eigenvalue weighted by Crippen LogP contribution is -2.03. The van der Waals surface area contributed by atoms with Gasteiger partial charge in [0, 0.05) is 31.7 Å². The molecule has 0 N–H and O–H groups in total. The van der Waals surface area contributed by atoms with Gasteiger partial charge in [0.1, 0.15) is 5.82 Å². The van der Waals surface area contributed by atoms with Gasteiger partial charge in [-0.3, -0.25) is 0 Å². The third kappa shape index (κ3) is 2.52. The van der Waals surface area contributed by atoms with Crippen molar-refractivity contribution in [2.45, 2.75) is 19.8 Å². The van der Waals surface area contributed by atoms with Gasteiger partial charge in [0.15, 0.2) is 0 Å². The van der Waals surface area contributed by atoms with E-state index >= 15 is 0 Å². The van der Waals surface area contributed by atoms with Crippen LogP contribution in [0.2, 0.25) is 0 Å². The van der Waals surface area contributed by atoms with Crippen molar-refractivity contribution in [3.8, 4) is 0 Å². The number of aromatic nitrogens is 2. The number of imidazole rings is 1. The Hall–Kier alpha value is -0.500. The molecular formula is C9H15ClN2. The number of alkyl halides is 1. The molecule has 1 atom stereocenters. The summed E-state index contributed by atoms with van der Waals surface area (Å²) in [4.78, 5) is 4.24. The summed E-state index contributed by atoms with van der Waals surface area (Å²) in [6, 6.07) is 0. The zero-order valence-corrected chi connectivity index (χ0v) is 8.38.